The summed E-state index contributed by atoms with van der Waals surface area (Å²) in [5.41, 5.74) is 2.92. The molecule has 1 unspecified atom stereocenters. The summed E-state index contributed by atoms with van der Waals surface area (Å²) in [4.78, 5) is 0. The lowest BCUT2D eigenvalue weighted by atomic mass is 9.99. The highest BCUT2D eigenvalue weighted by Crippen LogP contribution is 2.23. The smallest absolute Gasteiger partial charge is 0.0462 e. The predicted molar refractivity (Wildman–Crippen MR) is 79.2 cm³/mol. The van der Waals surface area contributed by atoms with Crippen molar-refractivity contribution in [2.24, 2.45) is 0 Å². The molecule has 19 heavy (non-hydrogen) atoms. The van der Waals surface area contributed by atoms with Crippen LogP contribution in [0.3, 0.4) is 0 Å². The summed E-state index contributed by atoms with van der Waals surface area (Å²) in [5.74, 6) is 0. The third kappa shape index (κ3) is 4.60. The molecule has 1 aliphatic heterocycles. The molecule has 0 bridgehead atoms. The van der Waals surface area contributed by atoms with Crippen molar-refractivity contribution in [3.05, 3.63) is 35.4 Å². The number of hydrogen-bond donors (Lipinski definition) is 2. The molecule has 0 fully saturated rings. The zero-order valence-electron chi connectivity index (χ0n) is 12.0. The number of hydrogen-bond acceptors (Lipinski definition) is 3. The Morgan fingerprint density at radius 2 is 2.16 bits per heavy atom. The van der Waals surface area contributed by atoms with E-state index in [1.54, 1.807) is 7.11 Å². The van der Waals surface area contributed by atoms with Gasteiger partial charge in [-0.05, 0) is 49.9 Å². The van der Waals surface area contributed by atoms with E-state index in [0.717, 1.165) is 26.2 Å². The number of methoxy groups -OCH3 is 1. The van der Waals surface area contributed by atoms with E-state index in [9.17, 15) is 0 Å². The standard InChI is InChI=1S/C16H26N2O/c1-19-12-6-2-5-10-18-16-9-11-17-13-14-7-3-4-8-15(14)16/h3-4,7-8,16-18H,2,5-6,9-13H2,1H3. The average molecular weight is 262 g/mol. The van der Waals surface area contributed by atoms with Crippen LogP contribution in [0.5, 0.6) is 0 Å². The van der Waals surface area contributed by atoms with E-state index in [4.69, 9.17) is 4.74 Å². The molecule has 2 N–H and O–H groups in total. The van der Waals surface area contributed by atoms with Crippen molar-refractivity contribution in [2.45, 2.75) is 38.3 Å². The number of rotatable bonds is 7. The fraction of sp³-hybridized carbons (Fsp3) is 0.625. The van der Waals surface area contributed by atoms with Gasteiger partial charge in [0.15, 0.2) is 0 Å². The maximum absolute atomic E-state index is 5.07. The molecule has 0 spiro atoms. The molecular weight excluding hydrogens is 236 g/mol. The van der Waals surface area contributed by atoms with Crippen LogP contribution in [0.15, 0.2) is 24.3 Å². The van der Waals surface area contributed by atoms with Crippen LogP contribution in [0.2, 0.25) is 0 Å². The molecule has 0 aliphatic carbocycles. The van der Waals surface area contributed by atoms with E-state index in [2.05, 4.69) is 34.9 Å². The van der Waals surface area contributed by atoms with Crippen LogP contribution in [-0.4, -0.2) is 26.8 Å². The lowest BCUT2D eigenvalue weighted by molar-refractivity contribution is 0.192. The van der Waals surface area contributed by atoms with Gasteiger partial charge in [-0.15, -0.1) is 0 Å². The third-order valence-electron chi connectivity index (χ3n) is 3.77. The Bertz CT molecular complexity index is 368. The van der Waals surface area contributed by atoms with Gasteiger partial charge < -0.3 is 15.4 Å². The molecule has 1 aromatic carbocycles. The summed E-state index contributed by atoms with van der Waals surface area (Å²) < 4.78 is 5.07. The first-order valence-corrected chi connectivity index (χ1v) is 7.42. The van der Waals surface area contributed by atoms with Gasteiger partial charge in [0.05, 0.1) is 0 Å². The minimum Gasteiger partial charge on any atom is -0.385 e. The summed E-state index contributed by atoms with van der Waals surface area (Å²) in [7, 11) is 1.77. The minimum atomic E-state index is 0.508. The Balaban J connectivity index is 1.79. The van der Waals surface area contributed by atoms with Crippen LogP contribution in [0.1, 0.15) is 42.9 Å². The number of benzene rings is 1. The van der Waals surface area contributed by atoms with Crippen molar-refractivity contribution < 1.29 is 4.74 Å². The van der Waals surface area contributed by atoms with E-state index < -0.39 is 0 Å². The van der Waals surface area contributed by atoms with Crippen LogP contribution in [-0.2, 0) is 11.3 Å². The molecule has 3 nitrogen and oxygen atoms in total. The van der Waals surface area contributed by atoms with Crippen molar-refractivity contribution >= 4 is 0 Å². The normalized spacial score (nSPS) is 18.9. The summed E-state index contributed by atoms with van der Waals surface area (Å²) >= 11 is 0. The van der Waals surface area contributed by atoms with Gasteiger partial charge in [-0.1, -0.05) is 24.3 Å². The van der Waals surface area contributed by atoms with Crippen LogP contribution >= 0.6 is 0 Å². The average Bonchev–Trinajstić information content (AvgIpc) is 2.65. The molecule has 2 rings (SSSR count). The molecule has 1 aromatic rings. The molecule has 1 aliphatic rings. The largest absolute Gasteiger partial charge is 0.385 e. The highest BCUT2D eigenvalue weighted by atomic mass is 16.5. The molecule has 0 amide bonds. The SMILES string of the molecule is COCCCCCNC1CCNCc2ccccc21. The summed E-state index contributed by atoms with van der Waals surface area (Å²) in [6.07, 6.45) is 4.82. The molecule has 1 heterocycles. The Kier molecular flexibility index (Phi) is 6.34. The minimum absolute atomic E-state index is 0.508. The van der Waals surface area contributed by atoms with Crippen LogP contribution in [0.4, 0.5) is 0 Å². The van der Waals surface area contributed by atoms with Crippen molar-refractivity contribution in [1.82, 2.24) is 10.6 Å². The number of fused-ring (bicyclic) bond motifs is 1. The van der Waals surface area contributed by atoms with E-state index in [0.29, 0.717) is 6.04 Å². The van der Waals surface area contributed by atoms with Crippen LogP contribution < -0.4 is 10.6 Å². The summed E-state index contributed by atoms with van der Waals surface area (Å²) in [5, 5.41) is 7.21. The second-order valence-corrected chi connectivity index (χ2v) is 5.22. The topological polar surface area (TPSA) is 33.3 Å². The first kappa shape index (κ1) is 14.5. The molecule has 106 valence electrons. The van der Waals surface area contributed by atoms with Gasteiger partial charge in [-0.2, -0.15) is 0 Å². The Labute approximate surface area is 116 Å². The molecule has 0 aromatic heterocycles. The maximum Gasteiger partial charge on any atom is 0.0462 e. The Morgan fingerprint density at radius 3 is 3.05 bits per heavy atom. The van der Waals surface area contributed by atoms with Gasteiger partial charge in [-0.25, -0.2) is 0 Å². The molecular formula is C16H26N2O. The number of unbranched alkanes of at least 4 members (excludes halogenated alkanes) is 2. The van der Waals surface area contributed by atoms with Crippen molar-refractivity contribution in [1.29, 1.82) is 0 Å². The second-order valence-electron chi connectivity index (χ2n) is 5.22. The van der Waals surface area contributed by atoms with Crippen molar-refractivity contribution in [2.75, 3.05) is 26.8 Å². The van der Waals surface area contributed by atoms with Gasteiger partial charge in [-0.3, -0.25) is 0 Å². The molecule has 1 atom stereocenters. The van der Waals surface area contributed by atoms with Crippen LogP contribution in [0, 0.1) is 0 Å². The lowest BCUT2D eigenvalue weighted by Crippen LogP contribution is -2.24. The fourth-order valence-electron chi connectivity index (χ4n) is 2.70. The van der Waals surface area contributed by atoms with Crippen LogP contribution in [0.25, 0.3) is 0 Å². The highest BCUT2D eigenvalue weighted by molar-refractivity contribution is 5.30. The van der Waals surface area contributed by atoms with Gasteiger partial charge in [0.1, 0.15) is 0 Å². The Hall–Kier alpha value is -0.900. The lowest BCUT2D eigenvalue weighted by Gasteiger charge is -2.19. The first-order valence-electron chi connectivity index (χ1n) is 7.42. The van der Waals surface area contributed by atoms with Gasteiger partial charge >= 0.3 is 0 Å². The molecule has 3 heteroatoms. The van der Waals surface area contributed by atoms with Gasteiger partial charge in [0, 0.05) is 26.3 Å². The maximum atomic E-state index is 5.07. The van der Waals surface area contributed by atoms with E-state index in [-0.39, 0.29) is 0 Å². The predicted octanol–water partition coefficient (Wildman–Crippen LogP) is 2.63. The first-order chi connectivity index (χ1) is 9.42. The zero-order valence-corrected chi connectivity index (χ0v) is 12.0. The third-order valence-corrected chi connectivity index (χ3v) is 3.77. The molecule has 0 saturated heterocycles. The second kappa shape index (κ2) is 8.31. The monoisotopic (exact) mass is 262 g/mol. The fourth-order valence-corrected chi connectivity index (χ4v) is 2.70. The quantitative estimate of drug-likeness (QED) is 0.741. The van der Waals surface area contributed by atoms with Crippen molar-refractivity contribution in [3.63, 3.8) is 0 Å². The summed E-state index contributed by atoms with van der Waals surface area (Å²) in [6, 6.07) is 9.30. The van der Waals surface area contributed by atoms with Gasteiger partial charge in [0.25, 0.3) is 0 Å². The number of nitrogens with one attached hydrogen (secondary N) is 2. The highest BCUT2D eigenvalue weighted by Gasteiger charge is 2.16. The zero-order chi connectivity index (χ0) is 13.3. The van der Waals surface area contributed by atoms with E-state index >= 15 is 0 Å². The molecule has 0 radical (unpaired) electrons. The number of ether oxygens (including phenoxy) is 1. The van der Waals surface area contributed by atoms with Gasteiger partial charge in [0.2, 0.25) is 0 Å². The van der Waals surface area contributed by atoms with Crippen molar-refractivity contribution in [3.8, 4) is 0 Å². The summed E-state index contributed by atoms with van der Waals surface area (Å²) in [6.45, 7) is 4.08. The van der Waals surface area contributed by atoms with E-state index in [1.807, 2.05) is 0 Å². The van der Waals surface area contributed by atoms with E-state index in [1.165, 1.54) is 36.8 Å². The Morgan fingerprint density at radius 1 is 1.26 bits per heavy atom. The molecule has 0 saturated carbocycles.